The predicted octanol–water partition coefficient (Wildman–Crippen LogP) is 3.01. The summed E-state index contributed by atoms with van der Waals surface area (Å²) in [6.45, 7) is 5.40. The van der Waals surface area contributed by atoms with Crippen LogP contribution in [-0.2, 0) is 0 Å². The Morgan fingerprint density at radius 2 is 2.29 bits per heavy atom. The van der Waals surface area contributed by atoms with E-state index >= 15 is 0 Å². The first-order chi connectivity index (χ1) is 11.5. The van der Waals surface area contributed by atoms with Gasteiger partial charge in [0.2, 0.25) is 0 Å². The van der Waals surface area contributed by atoms with Gasteiger partial charge in [0.15, 0.2) is 11.0 Å². The molecule has 9 heteroatoms. The van der Waals surface area contributed by atoms with E-state index in [1.165, 1.54) is 30.1 Å². The van der Waals surface area contributed by atoms with Crippen molar-refractivity contribution in [3.8, 4) is 0 Å². The quantitative estimate of drug-likeness (QED) is 0.206. The molecule has 0 bridgehead atoms. The number of nitro groups is 1. The third-order valence-corrected chi connectivity index (χ3v) is 3.66. The number of aromatic nitrogens is 2. The lowest BCUT2D eigenvalue weighted by Crippen LogP contribution is -2.17. The van der Waals surface area contributed by atoms with Gasteiger partial charge in [-0.05, 0) is 24.9 Å². The van der Waals surface area contributed by atoms with Crippen LogP contribution in [0.5, 0.6) is 0 Å². The number of nitrogens with two attached hydrogens (primary N) is 1. The minimum atomic E-state index is -0.476. The molecule has 2 rings (SSSR count). The Balaban J connectivity index is 2.53. The summed E-state index contributed by atoms with van der Waals surface area (Å²) < 4.78 is 0. The van der Waals surface area contributed by atoms with Crippen molar-refractivity contribution in [3.63, 3.8) is 0 Å². The van der Waals surface area contributed by atoms with Gasteiger partial charge < -0.3 is 11.1 Å². The molecule has 0 saturated heterocycles. The Kier molecular flexibility index (Phi) is 5.48. The summed E-state index contributed by atoms with van der Waals surface area (Å²) in [5.41, 5.74) is 8.16. The lowest BCUT2D eigenvalue weighted by atomic mass is 10.2. The second-order valence-electron chi connectivity index (χ2n) is 4.69. The van der Waals surface area contributed by atoms with Gasteiger partial charge in [-0.15, -0.1) is 0 Å². The number of anilines is 1. The standard InChI is InChI=1S/C15H16N6O2S/c1-4-17-12-8-18-15(24-3)20-13(12)14(16)19-11-7-10(21(22)23)6-5-9(11)2/h4-8,17H,1H2,2-3H3,(H2,16,19). The fourth-order valence-corrected chi connectivity index (χ4v) is 2.23. The molecule has 2 aromatic rings. The maximum absolute atomic E-state index is 10.9. The Hall–Kier alpha value is -2.94. The van der Waals surface area contributed by atoms with Gasteiger partial charge in [-0.1, -0.05) is 24.4 Å². The molecule has 0 aliphatic carbocycles. The maximum Gasteiger partial charge on any atom is 0.271 e. The molecule has 0 atom stereocenters. The Bertz CT molecular complexity index is 822. The SMILES string of the molecule is C=CNc1cnc(SC)nc1C(N)=Nc1cc([N+](=O)[O-])ccc1C. The molecule has 0 aliphatic heterocycles. The van der Waals surface area contributed by atoms with Crippen molar-refractivity contribution in [2.24, 2.45) is 10.7 Å². The number of rotatable bonds is 6. The van der Waals surface area contributed by atoms with Crippen LogP contribution in [0.2, 0.25) is 0 Å². The molecule has 8 nitrogen and oxygen atoms in total. The van der Waals surface area contributed by atoms with Crippen LogP contribution in [-0.4, -0.2) is 27.0 Å². The molecule has 24 heavy (non-hydrogen) atoms. The summed E-state index contributed by atoms with van der Waals surface area (Å²) >= 11 is 1.37. The van der Waals surface area contributed by atoms with Crippen molar-refractivity contribution in [3.05, 3.63) is 58.5 Å². The van der Waals surface area contributed by atoms with Gasteiger partial charge in [0, 0.05) is 12.1 Å². The van der Waals surface area contributed by atoms with Crippen molar-refractivity contribution in [2.45, 2.75) is 12.1 Å². The minimum absolute atomic E-state index is 0.0518. The van der Waals surface area contributed by atoms with Gasteiger partial charge in [-0.2, -0.15) is 0 Å². The number of nitro benzene ring substituents is 1. The van der Waals surface area contributed by atoms with Gasteiger partial charge in [-0.25, -0.2) is 15.0 Å². The Labute approximate surface area is 143 Å². The summed E-state index contributed by atoms with van der Waals surface area (Å²) in [5, 5.41) is 14.4. The average Bonchev–Trinajstić information content (AvgIpc) is 2.57. The highest BCUT2D eigenvalue weighted by Gasteiger charge is 2.13. The van der Waals surface area contributed by atoms with Crippen LogP contribution in [0.4, 0.5) is 17.1 Å². The van der Waals surface area contributed by atoms with E-state index in [4.69, 9.17) is 5.73 Å². The number of thioether (sulfide) groups is 1. The molecule has 0 unspecified atom stereocenters. The highest BCUT2D eigenvalue weighted by atomic mass is 32.2. The molecule has 0 amide bonds. The van der Waals surface area contributed by atoms with Crippen molar-refractivity contribution >= 4 is 34.7 Å². The fourth-order valence-electron chi connectivity index (χ4n) is 1.89. The van der Waals surface area contributed by atoms with E-state index in [0.29, 0.717) is 22.2 Å². The normalized spacial score (nSPS) is 11.2. The highest BCUT2D eigenvalue weighted by molar-refractivity contribution is 7.98. The second kappa shape index (κ2) is 7.55. The lowest BCUT2D eigenvalue weighted by Gasteiger charge is -2.09. The number of benzene rings is 1. The molecular formula is C15H16N6O2S. The molecule has 0 fully saturated rings. The molecule has 1 aromatic carbocycles. The number of aliphatic imine (C=N–C) groups is 1. The third kappa shape index (κ3) is 3.87. The molecule has 0 aliphatic rings. The van der Waals surface area contributed by atoms with Gasteiger partial charge in [-0.3, -0.25) is 10.1 Å². The number of hydrogen-bond acceptors (Lipinski definition) is 7. The van der Waals surface area contributed by atoms with Crippen LogP contribution in [0.15, 0.2) is 47.3 Å². The summed E-state index contributed by atoms with van der Waals surface area (Å²) in [7, 11) is 0. The van der Waals surface area contributed by atoms with E-state index in [1.54, 1.807) is 19.2 Å². The maximum atomic E-state index is 10.9. The zero-order valence-electron chi connectivity index (χ0n) is 13.2. The number of hydrogen-bond donors (Lipinski definition) is 2. The molecule has 0 saturated carbocycles. The average molecular weight is 344 g/mol. The molecule has 1 heterocycles. The Morgan fingerprint density at radius 3 is 2.92 bits per heavy atom. The van der Waals surface area contributed by atoms with Crippen LogP contribution < -0.4 is 11.1 Å². The Morgan fingerprint density at radius 1 is 1.54 bits per heavy atom. The topological polar surface area (TPSA) is 119 Å². The number of nitrogens with one attached hydrogen (secondary N) is 1. The van der Waals surface area contributed by atoms with E-state index in [9.17, 15) is 10.1 Å². The van der Waals surface area contributed by atoms with Crippen molar-refractivity contribution < 1.29 is 4.92 Å². The van der Waals surface area contributed by atoms with Gasteiger partial charge >= 0.3 is 0 Å². The van der Waals surface area contributed by atoms with E-state index < -0.39 is 4.92 Å². The number of non-ortho nitro benzene ring substituents is 1. The first kappa shape index (κ1) is 17.4. The summed E-state index contributed by atoms with van der Waals surface area (Å²) in [5.74, 6) is 0.126. The van der Waals surface area contributed by atoms with Crippen LogP contribution in [0.1, 0.15) is 11.3 Å². The first-order valence-corrected chi connectivity index (χ1v) is 8.06. The van der Waals surface area contributed by atoms with E-state index in [1.807, 2.05) is 6.26 Å². The largest absolute Gasteiger partial charge is 0.382 e. The van der Waals surface area contributed by atoms with E-state index in [-0.39, 0.29) is 11.5 Å². The van der Waals surface area contributed by atoms with E-state index in [2.05, 4.69) is 26.9 Å². The molecule has 124 valence electrons. The fraction of sp³-hybridized carbons (Fsp3) is 0.133. The van der Waals surface area contributed by atoms with Crippen molar-refractivity contribution in [2.75, 3.05) is 11.6 Å². The zero-order chi connectivity index (χ0) is 17.7. The first-order valence-electron chi connectivity index (χ1n) is 6.84. The predicted molar refractivity (Wildman–Crippen MR) is 95.9 cm³/mol. The lowest BCUT2D eigenvalue weighted by molar-refractivity contribution is -0.384. The number of aryl methyl sites for hydroxylation is 1. The zero-order valence-corrected chi connectivity index (χ0v) is 14.0. The van der Waals surface area contributed by atoms with Crippen LogP contribution in [0.25, 0.3) is 0 Å². The minimum Gasteiger partial charge on any atom is -0.382 e. The van der Waals surface area contributed by atoms with Crippen molar-refractivity contribution in [1.29, 1.82) is 0 Å². The van der Waals surface area contributed by atoms with Crippen molar-refractivity contribution in [1.82, 2.24) is 9.97 Å². The summed E-state index contributed by atoms with van der Waals surface area (Å²) in [6.07, 6.45) is 4.91. The molecule has 0 radical (unpaired) electrons. The van der Waals surface area contributed by atoms with E-state index in [0.717, 1.165) is 5.56 Å². The number of nitrogens with zero attached hydrogens (tertiary/aromatic N) is 4. The monoisotopic (exact) mass is 344 g/mol. The van der Waals surface area contributed by atoms with Crippen LogP contribution in [0, 0.1) is 17.0 Å². The van der Waals surface area contributed by atoms with Gasteiger partial charge in [0.25, 0.3) is 5.69 Å². The smallest absolute Gasteiger partial charge is 0.271 e. The van der Waals surface area contributed by atoms with Gasteiger partial charge in [0.05, 0.1) is 22.5 Å². The molecule has 1 aromatic heterocycles. The van der Waals surface area contributed by atoms with Crippen LogP contribution in [0.3, 0.4) is 0 Å². The molecule has 0 spiro atoms. The third-order valence-electron chi connectivity index (χ3n) is 3.09. The molecular weight excluding hydrogens is 328 g/mol. The second-order valence-corrected chi connectivity index (χ2v) is 5.47. The molecule has 3 N–H and O–H groups in total. The summed E-state index contributed by atoms with van der Waals surface area (Å²) in [6, 6.07) is 4.42. The summed E-state index contributed by atoms with van der Waals surface area (Å²) in [4.78, 5) is 23.3. The number of amidine groups is 1. The van der Waals surface area contributed by atoms with Gasteiger partial charge in [0.1, 0.15) is 5.69 Å². The highest BCUT2D eigenvalue weighted by Crippen LogP contribution is 2.26. The van der Waals surface area contributed by atoms with Crippen LogP contribution >= 0.6 is 11.8 Å².